The van der Waals surface area contributed by atoms with Crippen molar-refractivity contribution in [1.29, 1.82) is 5.26 Å². The van der Waals surface area contributed by atoms with Crippen LogP contribution in [0.1, 0.15) is 30.0 Å². The molecule has 0 unspecified atom stereocenters. The Morgan fingerprint density at radius 1 is 1.23 bits per heavy atom. The van der Waals surface area contributed by atoms with Crippen LogP contribution in [0.4, 0.5) is 0 Å². The quantitative estimate of drug-likeness (QED) is 0.663. The number of sulfonamides is 1. The lowest BCUT2D eigenvalue weighted by molar-refractivity contribution is 0.279. The maximum Gasteiger partial charge on any atom is 0.211 e. The van der Waals surface area contributed by atoms with Crippen molar-refractivity contribution in [2.24, 2.45) is 5.73 Å². The predicted octanol–water partition coefficient (Wildman–Crippen LogP) is 3.89. The molecule has 2 heterocycles. The predicted molar refractivity (Wildman–Crippen MR) is 120 cm³/mol. The largest absolute Gasteiger partial charge is 0.342 e. The number of benzene rings is 2. The van der Waals surface area contributed by atoms with Gasteiger partial charge in [-0.25, -0.2) is 12.7 Å². The Morgan fingerprint density at radius 2 is 1.97 bits per heavy atom. The molecule has 1 saturated heterocycles. The van der Waals surface area contributed by atoms with E-state index in [1.807, 2.05) is 30.3 Å². The van der Waals surface area contributed by atoms with Crippen LogP contribution in [-0.4, -0.2) is 36.6 Å². The van der Waals surface area contributed by atoms with Crippen LogP contribution >= 0.6 is 11.6 Å². The third kappa shape index (κ3) is 3.72. The summed E-state index contributed by atoms with van der Waals surface area (Å²) in [6, 6.07) is 13.8. The van der Waals surface area contributed by atoms with E-state index in [1.165, 1.54) is 10.6 Å². The maximum atomic E-state index is 11.9. The van der Waals surface area contributed by atoms with Crippen LogP contribution < -0.4 is 5.73 Å². The molecule has 4 rings (SSSR count). The fourth-order valence-corrected chi connectivity index (χ4v) is 5.45. The normalized spacial score (nSPS) is 16.1. The van der Waals surface area contributed by atoms with E-state index < -0.39 is 10.0 Å². The Morgan fingerprint density at radius 3 is 2.60 bits per heavy atom. The molecule has 6 nitrogen and oxygen atoms in total. The van der Waals surface area contributed by atoms with Gasteiger partial charge >= 0.3 is 0 Å². The second-order valence-corrected chi connectivity index (χ2v) is 10.0. The third-order valence-corrected chi connectivity index (χ3v) is 7.55. The molecule has 1 fully saturated rings. The molecule has 3 aromatic rings. The van der Waals surface area contributed by atoms with Crippen LogP contribution in [0.3, 0.4) is 0 Å². The molecule has 8 heteroatoms. The fourth-order valence-electron chi connectivity index (χ4n) is 4.23. The van der Waals surface area contributed by atoms with Crippen LogP contribution in [0.15, 0.2) is 42.6 Å². The first-order valence-electron chi connectivity index (χ1n) is 9.81. The van der Waals surface area contributed by atoms with E-state index in [4.69, 9.17) is 17.3 Å². The smallest absolute Gasteiger partial charge is 0.211 e. The van der Waals surface area contributed by atoms with Gasteiger partial charge in [0.1, 0.15) is 0 Å². The minimum atomic E-state index is -3.19. The van der Waals surface area contributed by atoms with Gasteiger partial charge in [0.15, 0.2) is 0 Å². The Balaban J connectivity index is 1.84. The van der Waals surface area contributed by atoms with Gasteiger partial charge < -0.3 is 10.3 Å². The summed E-state index contributed by atoms with van der Waals surface area (Å²) >= 11 is 6.77. The van der Waals surface area contributed by atoms with Crippen molar-refractivity contribution >= 4 is 32.5 Å². The lowest BCUT2D eigenvalue weighted by Gasteiger charge is -2.31. The monoisotopic (exact) mass is 442 g/mol. The summed E-state index contributed by atoms with van der Waals surface area (Å²) in [4.78, 5) is 0. The number of halogens is 1. The van der Waals surface area contributed by atoms with E-state index >= 15 is 0 Å². The van der Waals surface area contributed by atoms with Crippen LogP contribution in [-0.2, 0) is 16.6 Å². The van der Waals surface area contributed by atoms with Gasteiger partial charge in [-0.1, -0.05) is 35.9 Å². The number of nitriles is 1. The summed E-state index contributed by atoms with van der Waals surface area (Å²) in [7, 11) is -3.19. The number of nitrogens with zero attached hydrogens (tertiary/aromatic N) is 3. The Kier molecular flexibility index (Phi) is 5.60. The van der Waals surface area contributed by atoms with Gasteiger partial charge in [-0.2, -0.15) is 5.26 Å². The van der Waals surface area contributed by atoms with Gasteiger partial charge in [0, 0.05) is 42.8 Å². The van der Waals surface area contributed by atoms with E-state index in [1.54, 1.807) is 6.07 Å². The summed E-state index contributed by atoms with van der Waals surface area (Å²) in [6.07, 6.45) is 4.74. The van der Waals surface area contributed by atoms with Crippen LogP contribution in [0.2, 0.25) is 5.02 Å². The Hall–Kier alpha value is -2.37. The van der Waals surface area contributed by atoms with Crippen LogP contribution in [0, 0.1) is 11.3 Å². The molecular formula is C22H23ClN4O2S. The highest BCUT2D eigenvalue weighted by molar-refractivity contribution is 7.88. The molecule has 0 atom stereocenters. The SMILES string of the molecule is CS(=O)(=O)N1CCC(n2cc(-c3cccc(C#N)c3)c3ccc(CN)c(Cl)c32)CC1. The molecule has 2 N–H and O–H groups in total. The van der Waals surface area contributed by atoms with Gasteiger partial charge in [-0.15, -0.1) is 0 Å². The summed E-state index contributed by atoms with van der Waals surface area (Å²) < 4.78 is 27.5. The lowest BCUT2D eigenvalue weighted by Crippen LogP contribution is -2.38. The zero-order valence-corrected chi connectivity index (χ0v) is 18.2. The maximum absolute atomic E-state index is 11.9. The van der Waals surface area contributed by atoms with E-state index in [0.29, 0.717) is 43.1 Å². The van der Waals surface area contributed by atoms with Crippen LogP contribution in [0.5, 0.6) is 0 Å². The van der Waals surface area contributed by atoms with Gasteiger partial charge in [0.2, 0.25) is 10.0 Å². The average Bonchev–Trinajstić information content (AvgIpc) is 3.14. The molecule has 0 bridgehead atoms. The number of hydrogen-bond donors (Lipinski definition) is 1. The summed E-state index contributed by atoms with van der Waals surface area (Å²) in [5.74, 6) is 0. The Labute approximate surface area is 181 Å². The molecule has 0 amide bonds. The minimum absolute atomic E-state index is 0.129. The van der Waals surface area contributed by atoms with Gasteiger partial charge in [-0.05, 0) is 36.1 Å². The van der Waals surface area contributed by atoms with Crippen LogP contribution in [0.25, 0.3) is 22.0 Å². The number of nitrogens with two attached hydrogens (primary N) is 1. The van der Waals surface area contributed by atoms with Crippen molar-refractivity contribution < 1.29 is 8.42 Å². The number of piperidine rings is 1. The van der Waals surface area contributed by atoms with E-state index in [-0.39, 0.29) is 6.04 Å². The van der Waals surface area contributed by atoms with Crippen molar-refractivity contribution in [2.45, 2.75) is 25.4 Å². The lowest BCUT2D eigenvalue weighted by atomic mass is 10.0. The molecule has 1 aliphatic heterocycles. The van der Waals surface area contributed by atoms with Crippen molar-refractivity contribution in [3.63, 3.8) is 0 Å². The zero-order valence-electron chi connectivity index (χ0n) is 16.7. The average molecular weight is 443 g/mol. The molecule has 0 aliphatic carbocycles. The number of rotatable bonds is 4. The van der Waals surface area contributed by atoms with E-state index in [9.17, 15) is 13.7 Å². The third-order valence-electron chi connectivity index (χ3n) is 5.82. The fraction of sp³-hybridized carbons (Fsp3) is 0.318. The second kappa shape index (κ2) is 8.05. The highest BCUT2D eigenvalue weighted by atomic mass is 35.5. The number of aromatic nitrogens is 1. The topological polar surface area (TPSA) is 92.1 Å². The number of fused-ring (bicyclic) bond motifs is 1. The molecular weight excluding hydrogens is 420 g/mol. The molecule has 1 aromatic heterocycles. The van der Waals surface area contributed by atoms with Crippen molar-refractivity contribution in [3.05, 3.63) is 58.7 Å². The molecule has 0 radical (unpaired) electrons. The van der Waals surface area contributed by atoms with Gasteiger partial charge in [-0.3, -0.25) is 0 Å². The Bertz CT molecular complexity index is 1250. The van der Waals surface area contributed by atoms with Crippen molar-refractivity contribution in [3.8, 4) is 17.2 Å². The highest BCUT2D eigenvalue weighted by Gasteiger charge is 2.28. The standard InChI is InChI=1S/C22H23ClN4O2S/c1-30(28,29)26-9-7-18(8-10-26)27-14-20(16-4-2-3-15(11-16)12-24)19-6-5-17(13-25)21(23)22(19)27/h2-6,11,14,18H,7-10,13,25H2,1H3. The zero-order chi connectivity index (χ0) is 21.5. The van der Waals surface area contributed by atoms with E-state index in [2.05, 4.69) is 16.8 Å². The highest BCUT2D eigenvalue weighted by Crippen LogP contribution is 2.40. The molecule has 1 aliphatic rings. The molecule has 0 spiro atoms. The van der Waals surface area contributed by atoms with Gasteiger partial charge in [0.05, 0.1) is 28.4 Å². The summed E-state index contributed by atoms with van der Waals surface area (Å²) in [6.45, 7) is 1.30. The molecule has 0 saturated carbocycles. The first kappa shape index (κ1) is 20.9. The van der Waals surface area contributed by atoms with Crippen molar-refractivity contribution in [2.75, 3.05) is 19.3 Å². The molecule has 30 heavy (non-hydrogen) atoms. The van der Waals surface area contributed by atoms with Gasteiger partial charge in [0.25, 0.3) is 0 Å². The first-order chi connectivity index (χ1) is 14.3. The summed E-state index contributed by atoms with van der Waals surface area (Å²) in [5.41, 5.74) is 10.2. The summed E-state index contributed by atoms with van der Waals surface area (Å²) in [5, 5.41) is 10.9. The molecule has 156 valence electrons. The van der Waals surface area contributed by atoms with Crippen molar-refractivity contribution in [1.82, 2.24) is 8.87 Å². The minimum Gasteiger partial charge on any atom is -0.342 e. The van der Waals surface area contributed by atoms with E-state index in [0.717, 1.165) is 27.6 Å². The first-order valence-corrected chi connectivity index (χ1v) is 12.0. The molecule has 2 aromatic carbocycles. The second-order valence-electron chi connectivity index (χ2n) is 7.67. The number of hydrogen-bond acceptors (Lipinski definition) is 4.